The molecule has 0 aliphatic carbocycles. The fraction of sp³-hybridized carbons (Fsp3) is 0.364. The summed E-state index contributed by atoms with van der Waals surface area (Å²) in [5.74, 6) is -0.853. The van der Waals surface area contributed by atoms with Crippen molar-refractivity contribution in [2.75, 3.05) is 13.2 Å². The molecule has 3 aromatic rings. The van der Waals surface area contributed by atoms with Crippen LogP contribution in [0.3, 0.4) is 0 Å². The molecular weight excluding hydrogens is 445 g/mol. The van der Waals surface area contributed by atoms with Crippen molar-refractivity contribution in [3.05, 3.63) is 56.1 Å². The molecule has 1 atom stereocenters. The van der Waals surface area contributed by atoms with E-state index < -0.39 is 5.97 Å². The Morgan fingerprint density at radius 2 is 2.07 bits per heavy atom. The number of esters is 1. The summed E-state index contributed by atoms with van der Waals surface area (Å²) in [5, 5.41) is 1.62. The average molecular weight is 466 g/mol. The van der Waals surface area contributed by atoms with E-state index in [1.807, 2.05) is 19.9 Å². The Morgan fingerprint density at radius 3 is 2.80 bits per heavy atom. The second-order valence-corrected chi connectivity index (χ2v) is 9.28. The molecule has 1 aliphatic heterocycles. The van der Waals surface area contributed by atoms with Crippen molar-refractivity contribution in [3.63, 3.8) is 0 Å². The number of ketones is 1. The zero-order valence-electron chi connectivity index (χ0n) is 16.7. The van der Waals surface area contributed by atoms with Crippen LogP contribution in [0.4, 0.5) is 0 Å². The number of aryl methyl sites for hydroxylation is 1. The number of hydrogen-bond donors (Lipinski definition) is 0. The maximum Gasteiger partial charge on any atom is 0.350 e. The molecule has 3 heterocycles. The highest BCUT2D eigenvalue weighted by Gasteiger charge is 2.23. The van der Waals surface area contributed by atoms with Gasteiger partial charge in [0.05, 0.1) is 11.1 Å². The van der Waals surface area contributed by atoms with Crippen LogP contribution in [0.25, 0.3) is 10.1 Å². The summed E-state index contributed by atoms with van der Waals surface area (Å²) < 4.78 is 13.9. The lowest BCUT2D eigenvalue weighted by molar-refractivity contribution is 0.0479. The van der Waals surface area contributed by atoms with Crippen molar-refractivity contribution in [1.29, 1.82) is 0 Å². The molecule has 158 valence electrons. The third-order valence-electron chi connectivity index (χ3n) is 5.40. The van der Waals surface area contributed by atoms with Crippen LogP contribution in [0.2, 0.25) is 10.0 Å². The number of halogens is 2. The van der Waals surface area contributed by atoms with E-state index in [2.05, 4.69) is 4.57 Å². The third-order valence-corrected chi connectivity index (χ3v) is 7.27. The molecule has 1 fully saturated rings. The van der Waals surface area contributed by atoms with Crippen LogP contribution in [-0.2, 0) is 16.0 Å². The van der Waals surface area contributed by atoms with Gasteiger partial charge in [-0.1, -0.05) is 29.3 Å². The molecule has 0 amide bonds. The maximum absolute atomic E-state index is 12.7. The Labute approximate surface area is 188 Å². The summed E-state index contributed by atoms with van der Waals surface area (Å²) in [6.07, 6.45) is 2.27. The van der Waals surface area contributed by atoms with Crippen LogP contribution in [0.15, 0.2) is 24.3 Å². The Balaban J connectivity index is 1.46. The van der Waals surface area contributed by atoms with Gasteiger partial charge in [0.2, 0.25) is 5.78 Å². The lowest BCUT2D eigenvalue weighted by atomic mass is 10.1. The molecule has 0 N–H and O–H groups in total. The zero-order chi connectivity index (χ0) is 21.4. The van der Waals surface area contributed by atoms with E-state index in [0.717, 1.165) is 47.5 Å². The Kier molecular flexibility index (Phi) is 6.21. The van der Waals surface area contributed by atoms with Crippen LogP contribution >= 0.6 is 34.5 Å². The van der Waals surface area contributed by atoms with Gasteiger partial charge in [0.15, 0.2) is 6.61 Å². The van der Waals surface area contributed by atoms with Crippen LogP contribution in [-0.4, -0.2) is 35.6 Å². The summed E-state index contributed by atoms with van der Waals surface area (Å²) in [6, 6.07) is 7.07. The topological polar surface area (TPSA) is 57.5 Å². The molecule has 8 heteroatoms. The number of nitrogens with zero attached hydrogens (tertiary/aromatic N) is 1. The fourth-order valence-electron chi connectivity index (χ4n) is 3.80. The Morgan fingerprint density at radius 1 is 1.27 bits per heavy atom. The number of Topliss-reactive ketones (excluding diaryl/α,β-unsaturated/α-hetero) is 1. The number of thiophene rings is 1. The fourth-order valence-corrected chi connectivity index (χ4v) is 5.48. The van der Waals surface area contributed by atoms with Crippen LogP contribution in [0.1, 0.15) is 44.3 Å². The van der Waals surface area contributed by atoms with Gasteiger partial charge in [-0.25, -0.2) is 4.79 Å². The smallest absolute Gasteiger partial charge is 0.350 e. The SMILES string of the molecule is Cc1cc(C(=O)COC(=O)c2sc3cc(Cl)ccc3c2Cl)c(C)n1CC1CCCO1. The van der Waals surface area contributed by atoms with Crippen LogP contribution < -0.4 is 0 Å². The van der Waals surface area contributed by atoms with E-state index in [9.17, 15) is 9.59 Å². The number of aromatic nitrogens is 1. The average Bonchev–Trinajstić information content (AvgIpc) is 3.41. The van der Waals surface area contributed by atoms with E-state index >= 15 is 0 Å². The number of carbonyl (C=O) groups excluding carboxylic acids is 2. The normalized spacial score (nSPS) is 16.3. The van der Waals surface area contributed by atoms with Gasteiger partial charge in [0.25, 0.3) is 0 Å². The number of ether oxygens (including phenoxy) is 2. The predicted molar refractivity (Wildman–Crippen MR) is 119 cm³/mol. The highest BCUT2D eigenvalue weighted by Crippen LogP contribution is 2.37. The summed E-state index contributed by atoms with van der Waals surface area (Å²) in [5.41, 5.74) is 2.41. The number of carbonyl (C=O) groups is 2. The first kappa shape index (κ1) is 21.4. The van der Waals surface area contributed by atoms with Gasteiger partial charge < -0.3 is 14.0 Å². The highest BCUT2D eigenvalue weighted by molar-refractivity contribution is 7.21. The molecule has 5 nitrogen and oxygen atoms in total. The first-order valence-electron chi connectivity index (χ1n) is 9.71. The Bertz CT molecular complexity index is 1130. The molecule has 1 saturated heterocycles. The predicted octanol–water partition coefficient (Wildman–Crippen LogP) is 5.85. The van der Waals surface area contributed by atoms with Gasteiger partial charge >= 0.3 is 5.97 Å². The molecule has 0 radical (unpaired) electrons. The van der Waals surface area contributed by atoms with E-state index in [1.54, 1.807) is 18.2 Å². The van der Waals surface area contributed by atoms with Gasteiger partial charge in [-0.2, -0.15) is 0 Å². The number of hydrogen-bond acceptors (Lipinski definition) is 5. The lowest BCUT2D eigenvalue weighted by Crippen LogP contribution is -2.18. The molecule has 0 saturated carbocycles. The van der Waals surface area contributed by atoms with Crippen molar-refractivity contribution >= 4 is 56.4 Å². The van der Waals surface area contributed by atoms with Crippen molar-refractivity contribution in [2.45, 2.75) is 39.3 Å². The second-order valence-electron chi connectivity index (χ2n) is 7.42. The molecule has 1 unspecified atom stereocenters. The minimum absolute atomic E-state index is 0.180. The summed E-state index contributed by atoms with van der Waals surface area (Å²) in [6.45, 7) is 5.05. The van der Waals surface area contributed by atoms with Gasteiger partial charge in [-0.15, -0.1) is 11.3 Å². The molecule has 1 aliphatic rings. The van der Waals surface area contributed by atoms with Crippen molar-refractivity contribution < 1.29 is 19.1 Å². The first-order chi connectivity index (χ1) is 14.3. The molecule has 4 rings (SSSR count). The van der Waals surface area contributed by atoms with Gasteiger partial charge in [0.1, 0.15) is 4.88 Å². The van der Waals surface area contributed by atoms with Gasteiger partial charge in [0, 0.05) is 45.2 Å². The second kappa shape index (κ2) is 8.71. The van der Waals surface area contributed by atoms with Crippen molar-refractivity contribution in [2.24, 2.45) is 0 Å². The standard InChI is InChI=1S/C22H21Cl2NO4S/c1-12-8-17(13(2)25(12)10-15-4-3-7-28-15)18(26)11-29-22(27)21-20(24)16-6-5-14(23)9-19(16)30-21/h5-6,8-9,15H,3-4,7,10-11H2,1-2H3. The molecular formula is C22H21Cl2NO4S. The minimum atomic E-state index is -0.612. The van der Waals surface area contributed by atoms with E-state index in [4.69, 9.17) is 32.7 Å². The highest BCUT2D eigenvalue weighted by atomic mass is 35.5. The monoisotopic (exact) mass is 465 g/mol. The molecule has 0 bridgehead atoms. The first-order valence-corrected chi connectivity index (χ1v) is 11.3. The third kappa shape index (κ3) is 4.14. The lowest BCUT2D eigenvalue weighted by Gasteiger charge is -2.14. The maximum atomic E-state index is 12.7. The molecule has 2 aromatic heterocycles. The number of rotatable bonds is 6. The van der Waals surface area contributed by atoms with E-state index in [1.165, 1.54) is 11.3 Å². The van der Waals surface area contributed by atoms with Crippen molar-refractivity contribution in [1.82, 2.24) is 4.57 Å². The minimum Gasteiger partial charge on any atom is -0.453 e. The summed E-state index contributed by atoms with van der Waals surface area (Å²) >= 11 is 13.5. The van der Waals surface area contributed by atoms with Crippen LogP contribution in [0.5, 0.6) is 0 Å². The summed E-state index contributed by atoms with van der Waals surface area (Å²) in [4.78, 5) is 25.5. The van der Waals surface area contributed by atoms with Crippen LogP contribution in [0, 0.1) is 13.8 Å². The molecule has 30 heavy (non-hydrogen) atoms. The Hall–Kier alpha value is -1.86. The zero-order valence-corrected chi connectivity index (χ0v) is 19.0. The number of benzene rings is 1. The molecule has 1 aromatic carbocycles. The number of fused-ring (bicyclic) bond motifs is 1. The largest absolute Gasteiger partial charge is 0.453 e. The van der Waals surface area contributed by atoms with Crippen molar-refractivity contribution in [3.8, 4) is 0 Å². The van der Waals surface area contributed by atoms with Gasteiger partial charge in [-0.3, -0.25) is 4.79 Å². The van der Waals surface area contributed by atoms with Gasteiger partial charge in [-0.05, 0) is 44.9 Å². The van der Waals surface area contributed by atoms with E-state index in [-0.39, 0.29) is 23.4 Å². The summed E-state index contributed by atoms with van der Waals surface area (Å²) in [7, 11) is 0. The quantitative estimate of drug-likeness (QED) is 0.338. The van der Waals surface area contributed by atoms with E-state index in [0.29, 0.717) is 15.6 Å². The molecule has 0 spiro atoms.